The van der Waals surface area contributed by atoms with Gasteiger partial charge in [-0.05, 0) is 119 Å². The molecule has 0 fully saturated rings. The van der Waals surface area contributed by atoms with Gasteiger partial charge in [-0.1, -0.05) is 12.8 Å². The Kier molecular flexibility index (Phi) is 29.7. The first-order chi connectivity index (χ1) is 24.2. The van der Waals surface area contributed by atoms with Crippen molar-refractivity contribution < 1.29 is 26.5 Å². The molecule has 0 bridgehead atoms. The van der Waals surface area contributed by atoms with E-state index in [0.29, 0.717) is 71.4 Å². The maximum Gasteiger partial charge on any atom is 0.242 e. The molecular formula is C31H75N11O4. The average Bonchev–Trinajstić information content (AvgIpc) is 3.14. The highest BCUT2D eigenvalue weighted by Gasteiger charge is 2.25. The monoisotopic (exact) mass is 671 g/mol. The van der Waals surface area contributed by atoms with E-state index in [1.165, 1.54) is 0 Å². The fourth-order valence-electron chi connectivity index (χ4n) is 4.62. The van der Waals surface area contributed by atoms with E-state index in [4.69, 9.17) is 28.9 Å². The van der Waals surface area contributed by atoms with Gasteiger partial charge in [0.15, 0.2) is 5.78 Å². The molecule has 0 rings (SSSR count). The lowest BCUT2D eigenvalue weighted by Crippen LogP contribution is -2.52. The zero-order chi connectivity index (χ0) is 39.0. The Morgan fingerprint density at radius 2 is 0.957 bits per heavy atom. The molecule has 4 atom stereocenters. The smallest absolute Gasteiger partial charge is 0.242 e. The van der Waals surface area contributed by atoms with Gasteiger partial charge in [-0.2, -0.15) is 0 Å². The van der Waals surface area contributed by atoms with Gasteiger partial charge in [-0.25, -0.2) is 0 Å². The van der Waals surface area contributed by atoms with Crippen molar-refractivity contribution in [2.75, 3.05) is 74.0 Å². The molecule has 0 aromatic heterocycles. The number of carbonyl (C=O) groups excluding carboxylic acids is 4. The van der Waals surface area contributed by atoms with Crippen LogP contribution in [0.25, 0.3) is 0 Å². The minimum Gasteiger partial charge on any atom is -0.353 e. The number of likely N-dealkylation sites (N-methyl/N-ethyl adjacent to an activating group) is 3. The van der Waals surface area contributed by atoms with E-state index in [9.17, 15) is 19.2 Å². The summed E-state index contributed by atoms with van der Waals surface area (Å²) in [5, 5.41) is 20.5. The van der Waals surface area contributed by atoms with Crippen LogP contribution >= 0.6 is 0 Å². The first-order valence-corrected chi connectivity index (χ1v) is 17.1. The zero-order valence-corrected chi connectivity index (χ0v) is 29.2. The summed E-state index contributed by atoms with van der Waals surface area (Å²) in [6.07, 6.45) is 8.73. The van der Waals surface area contributed by atoms with E-state index < -0.39 is 12.1 Å². The molecule has 15 nitrogen and oxygen atoms in total. The van der Waals surface area contributed by atoms with Crippen LogP contribution < -0.4 is 60.2 Å². The molecule has 0 saturated heterocycles. The summed E-state index contributed by atoms with van der Waals surface area (Å²) in [6, 6.07) is -1.58. The molecule has 0 heterocycles. The molecule has 46 heavy (non-hydrogen) atoms. The number of unbranched alkanes of at least 4 members (excludes halogenated alkanes) is 2. The quantitative estimate of drug-likeness (QED) is 0.0407. The number of nitrogens with one attached hydrogen (secondary N) is 7. The summed E-state index contributed by atoms with van der Waals surface area (Å²) >= 11 is 0. The Balaban J connectivity index is -0.000000247. The molecule has 0 radical (unpaired) electrons. The van der Waals surface area contributed by atoms with Gasteiger partial charge >= 0.3 is 0 Å². The van der Waals surface area contributed by atoms with Crippen molar-refractivity contribution in [3.63, 3.8) is 0 Å². The second-order valence-electron chi connectivity index (χ2n) is 11.3. The van der Waals surface area contributed by atoms with Gasteiger partial charge in [0.2, 0.25) is 17.7 Å². The van der Waals surface area contributed by atoms with E-state index in [0.717, 1.165) is 51.5 Å². The third-order valence-corrected chi connectivity index (χ3v) is 7.48. The standard InChI is InChI=1S/C16H35N5O2.C15H34N6O2.3H2/c1-19-12-6-9-15(22)13(8-5-11-18)21-16(23)14(20-2)7-3-4-10-17;1-18-10-11-20-14(22)13(7-5-9-17)21-15(23)12(19-2)6-3-4-8-16;;;/h13-14,19-20H,3-12,17-18H2,1-2H3,(H,21,23);12-13,18-19H,3-11,16-17H2,1-2H3,(H,20,22)(H,21,23);3*1H/i;;2*1+1D;1+1. The normalized spacial score (nSPS) is 13.8. The Morgan fingerprint density at radius 3 is 1.39 bits per heavy atom. The van der Waals surface area contributed by atoms with E-state index in [2.05, 4.69) is 37.2 Å². The third-order valence-electron chi connectivity index (χ3n) is 7.48. The number of Topliss-reactive ketones (excluding diaryl/α,β-unsaturated/α-hetero) is 1. The predicted octanol–water partition coefficient (Wildman–Crippen LogP) is -1.50. The number of nitrogens with two attached hydrogens (primary N) is 4. The van der Waals surface area contributed by atoms with Crippen LogP contribution in [0.2, 0.25) is 0 Å². The summed E-state index contributed by atoms with van der Waals surface area (Å²) in [7, 11) is 7.18. The average molecular weight is 671 g/mol. The summed E-state index contributed by atoms with van der Waals surface area (Å²) in [5.74, 6) is -0.360. The van der Waals surface area contributed by atoms with Crippen LogP contribution in [0.4, 0.5) is 0 Å². The highest BCUT2D eigenvalue weighted by Crippen LogP contribution is 2.07. The van der Waals surface area contributed by atoms with Crippen LogP contribution in [0.15, 0.2) is 0 Å². The molecular weight excluding hydrogens is 590 g/mol. The van der Waals surface area contributed by atoms with Crippen LogP contribution in [0.1, 0.15) is 84.4 Å². The van der Waals surface area contributed by atoms with Crippen LogP contribution in [0.3, 0.4) is 0 Å². The highest BCUT2D eigenvalue weighted by molar-refractivity contribution is 5.91. The predicted molar refractivity (Wildman–Crippen MR) is 193 cm³/mol. The Labute approximate surface area is 285 Å². The lowest BCUT2D eigenvalue weighted by atomic mass is 10.0. The van der Waals surface area contributed by atoms with Gasteiger partial charge in [0.05, 0.1) is 18.1 Å². The summed E-state index contributed by atoms with van der Waals surface area (Å²) in [6.45, 7) is 4.25. The highest BCUT2D eigenvalue weighted by atomic mass is 16.2. The fraction of sp³-hybridized carbons (Fsp3) is 0.871. The first kappa shape index (κ1) is 41.8. The molecule has 278 valence electrons. The number of carbonyl (C=O) groups is 4. The van der Waals surface area contributed by atoms with Crippen LogP contribution in [0.5, 0.6) is 0 Å². The number of rotatable bonds is 29. The van der Waals surface area contributed by atoms with Gasteiger partial charge in [0, 0.05) is 26.9 Å². The third kappa shape index (κ3) is 24.0. The van der Waals surface area contributed by atoms with Crippen LogP contribution in [-0.4, -0.2) is 122 Å². The first-order valence-electron chi connectivity index (χ1n) is 19.1. The van der Waals surface area contributed by atoms with Gasteiger partial charge in [0.25, 0.3) is 0 Å². The molecule has 0 aromatic carbocycles. The molecule has 0 aromatic rings. The second-order valence-corrected chi connectivity index (χ2v) is 11.3. The molecule has 15 N–H and O–H groups in total. The molecule has 0 aliphatic rings. The van der Waals surface area contributed by atoms with Crippen molar-refractivity contribution in [1.82, 2.24) is 37.2 Å². The summed E-state index contributed by atoms with van der Waals surface area (Å²) < 4.78 is 20.0. The molecule has 15 heteroatoms. The Bertz CT molecular complexity index is 738. The van der Waals surface area contributed by atoms with Crippen molar-refractivity contribution in [2.24, 2.45) is 22.9 Å². The number of hydrogen-bond acceptors (Lipinski definition) is 12. The van der Waals surface area contributed by atoms with E-state index in [-0.39, 0.29) is 37.0 Å². The maximum absolute atomic E-state index is 12.4. The van der Waals surface area contributed by atoms with Gasteiger partial charge in [0.1, 0.15) is 6.04 Å². The maximum atomic E-state index is 12.4. The van der Waals surface area contributed by atoms with Crippen molar-refractivity contribution in [2.45, 2.75) is 101 Å². The van der Waals surface area contributed by atoms with E-state index in [1.54, 1.807) is 14.1 Å². The summed E-state index contributed by atoms with van der Waals surface area (Å²) in [5.41, 5.74) is 22.0. The second kappa shape index (κ2) is 32.7. The van der Waals surface area contributed by atoms with Crippen molar-refractivity contribution in [3.8, 4) is 0 Å². The molecule has 0 aliphatic heterocycles. The van der Waals surface area contributed by atoms with Gasteiger partial charge in [-0.15, -0.1) is 0 Å². The molecule has 0 spiro atoms. The summed E-state index contributed by atoms with van der Waals surface area (Å²) in [4.78, 5) is 49.2. The zero-order valence-electron chi connectivity index (χ0n) is 33.2. The van der Waals surface area contributed by atoms with E-state index in [1.807, 2.05) is 14.1 Å². The molecule has 0 aliphatic carbocycles. The molecule has 4 unspecified atom stereocenters. The van der Waals surface area contributed by atoms with Gasteiger partial charge < -0.3 is 60.2 Å². The van der Waals surface area contributed by atoms with Crippen LogP contribution in [-0.2, 0) is 19.2 Å². The minimum absolute atomic E-state index is 0. The molecule has 0 saturated carbocycles. The minimum atomic E-state index is -0.548. The Hall–Kier alpha value is -2.24. The molecule has 3 amide bonds. The Morgan fingerprint density at radius 1 is 0.522 bits per heavy atom. The lowest BCUT2D eigenvalue weighted by molar-refractivity contribution is -0.130. The van der Waals surface area contributed by atoms with E-state index >= 15 is 0 Å². The van der Waals surface area contributed by atoms with Crippen molar-refractivity contribution >= 4 is 23.5 Å². The van der Waals surface area contributed by atoms with Crippen molar-refractivity contribution in [1.29, 1.82) is 0 Å². The fourth-order valence-corrected chi connectivity index (χ4v) is 4.62. The van der Waals surface area contributed by atoms with Crippen LogP contribution in [0, 0.1) is 0 Å². The number of amides is 3. The number of hydrogen-bond donors (Lipinski definition) is 11. The van der Waals surface area contributed by atoms with Gasteiger partial charge in [-0.3, -0.25) is 19.2 Å². The lowest BCUT2D eigenvalue weighted by Gasteiger charge is -2.22. The number of ketones is 1. The largest absolute Gasteiger partial charge is 0.353 e. The SMILES string of the molecule is CNCCCC(=O)C(CCCN)NC(=O)C(CCCCN)NC.CNCCNC(=O)C(CCCN)NC(=O)C(CCCCN)NC.[2HH].[2H][2H].[2H][2H]. The van der Waals surface area contributed by atoms with Crippen molar-refractivity contribution in [3.05, 3.63) is 0 Å². The topological polar surface area (TPSA) is 257 Å².